The van der Waals surface area contributed by atoms with Gasteiger partial charge in [0.2, 0.25) is 15.9 Å². The Bertz CT molecular complexity index is 952. The number of hydrogen-bond donors (Lipinski definition) is 1. The molecule has 0 saturated heterocycles. The third-order valence-electron chi connectivity index (χ3n) is 4.76. The first-order valence-corrected chi connectivity index (χ1v) is 12.2. The van der Waals surface area contributed by atoms with Crippen molar-refractivity contribution in [3.63, 3.8) is 0 Å². The van der Waals surface area contributed by atoms with Crippen molar-refractivity contribution < 1.29 is 17.9 Å². The molecule has 166 valence electrons. The zero-order valence-corrected chi connectivity index (χ0v) is 19.8. The Labute approximate surface area is 183 Å². The van der Waals surface area contributed by atoms with Gasteiger partial charge in [0.25, 0.3) is 0 Å². The number of nitrogens with zero attached hydrogens (tertiary/aromatic N) is 3. The van der Waals surface area contributed by atoms with E-state index in [-0.39, 0.29) is 16.6 Å². The van der Waals surface area contributed by atoms with E-state index < -0.39 is 10.0 Å². The van der Waals surface area contributed by atoms with Crippen molar-refractivity contribution in [2.45, 2.75) is 44.3 Å². The minimum absolute atomic E-state index is 0.184. The standard InChI is InChI=1S/C20H30N4O4S2/c1-6-23(7-2)30(26,27)18-10-8-17(9-11-18)22-19(25)14-29-20-21-15(3)16(4)24(20)12-13-28-5/h8-11H,6-7,12-14H2,1-5H3,(H,22,25). The summed E-state index contributed by atoms with van der Waals surface area (Å²) in [6.45, 7) is 9.61. The fourth-order valence-corrected chi connectivity index (χ4v) is 5.31. The second-order valence-electron chi connectivity index (χ2n) is 6.66. The number of methoxy groups -OCH3 is 1. The molecule has 0 aliphatic carbocycles. The van der Waals surface area contributed by atoms with Crippen LogP contribution in [-0.4, -0.2) is 60.7 Å². The van der Waals surface area contributed by atoms with Gasteiger partial charge >= 0.3 is 0 Å². The number of ether oxygens (including phenoxy) is 1. The predicted octanol–water partition coefficient (Wildman–Crippen LogP) is 2.91. The van der Waals surface area contributed by atoms with Crippen LogP contribution in [0.3, 0.4) is 0 Å². The molecule has 10 heteroatoms. The molecule has 1 aromatic heterocycles. The van der Waals surface area contributed by atoms with Crippen molar-refractivity contribution in [3.8, 4) is 0 Å². The molecule has 0 atom stereocenters. The maximum Gasteiger partial charge on any atom is 0.243 e. The molecule has 30 heavy (non-hydrogen) atoms. The fourth-order valence-electron chi connectivity index (χ4n) is 2.93. The van der Waals surface area contributed by atoms with Crippen molar-refractivity contribution in [2.24, 2.45) is 0 Å². The summed E-state index contributed by atoms with van der Waals surface area (Å²) in [6, 6.07) is 6.24. The molecule has 8 nitrogen and oxygen atoms in total. The van der Waals surface area contributed by atoms with Gasteiger partial charge in [0.05, 0.1) is 22.9 Å². The minimum Gasteiger partial charge on any atom is -0.383 e. The number of thioether (sulfide) groups is 1. The number of benzene rings is 1. The van der Waals surface area contributed by atoms with Gasteiger partial charge in [0.15, 0.2) is 5.16 Å². The van der Waals surface area contributed by atoms with Gasteiger partial charge in [0, 0.05) is 38.1 Å². The average Bonchev–Trinajstić information content (AvgIpc) is 2.99. The summed E-state index contributed by atoms with van der Waals surface area (Å²) in [6.07, 6.45) is 0. The first-order chi connectivity index (χ1) is 14.2. The smallest absolute Gasteiger partial charge is 0.243 e. The highest BCUT2D eigenvalue weighted by Crippen LogP contribution is 2.22. The largest absolute Gasteiger partial charge is 0.383 e. The molecule has 0 unspecified atom stereocenters. The number of aryl methyl sites for hydroxylation is 1. The number of rotatable bonds is 11. The van der Waals surface area contributed by atoms with Gasteiger partial charge in [-0.2, -0.15) is 4.31 Å². The summed E-state index contributed by atoms with van der Waals surface area (Å²) >= 11 is 1.36. The van der Waals surface area contributed by atoms with Crippen molar-refractivity contribution in [2.75, 3.05) is 37.9 Å². The van der Waals surface area contributed by atoms with Gasteiger partial charge in [-0.25, -0.2) is 13.4 Å². The zero-order chi connectivity index (χ0) is 22.3. The molecule has 1 aromatic carbocycles. The Morgan fingerprint density at radius 1 is 1.20 bits per heavy atom. The number of amides is 1. The maximum atomic E-state index is 12.5. The summed E-state index contributed by atoms with van der Waals surface area (Å²) in [5.74, 6) is 0.0125. The number of sulfonamides is 1. The Balaban J connectivity index is 2.00. The molecule has 0 aliphatic rings. The van der Waals surface area contributed by atoms with Gasteiger partial charge in [-0.3, -0.25) is 4.79 Å². The van der Waals surface area contributed by atoms with E-state index in [1.165, 1.54) is 28.2 Å². The van der Waals surface area contributed by atoms with Crippen molar-refractivity contribution >= 4 is 33.4 Å². The second kappa shape index (κ2) is 10.9. The van der Waals surface area contributed by atoms with Crippen LogP contribution in [0.1, 0.15) is 25.2 Å². The monoisotopic (exact) mass is 454 g/mol. The third-order valence-corrected chi connectivity index (χ3v) is 7.80. The first-order valence-electron chi connectivity index (χ1n) is 9.80. The summed E-state index contributed by atoms with van der Waals surface area (Å²) in [7, 11) is -1.86. The summed E-state index contributed by atoms with van der Waals surface area (Å²) in [5, 5.41) is 3.58. The van der Waals surface area contributed by atoms with Crippen LogP contribution in [0.5, 0.6) is 0 Å². The van der Waals surface area contributed by atoms with Gasteiger partial charge in [-0.1, -0.05) is 25.6 Å². The molecule has 2 rings (SSSR count). The Kier molecular flexibility index (Phi) is 8.90. The number of carbonyl (C=O) groups excluding carboxylic acids is 1. The predicted molar refractivity (Wildman–Crippen MR) is 119 cm³/mol. The number of anilines is 1. The molecule has 0 saturated carbocycles. The van der Waals surface area contributed by atoms with Crippen molar-refractivity contribution in [3.05, 3.63) is 35.7 Å². The Hall–Kier alpha value is -1.88. The van der Waals surface area contributed by atoms with Gasteiger partial charge in [-0.15, -0.1) is 0 Å². The van der Waals surface area contributed by atoms with Crippen LogP contribution >= 0.6 is 11.8 Å². The molecule has 0 radical (unpaired) electrons. The Morgan fingerprint density at radius 3 is 2.40 bits per heavy atom. The van der Waals surface area contributed by atoms with E-state index >= 15 is 0 Å². The van der Waals surface area contributed by atoms with Gasteiger partial charge in [0.1, 0.15) is 0 Å². The van der Waals surface area contributed by atoms with Crippen LogP contribution < -0.4 is 5.32 Å². The van der Waals surface area contributed by atoms with Crippen molar-refractivity contribution in [1.29, 1.82) is 0 Å². The SMILES string of the molecule is CCN(CC)S(=O)(=O)c1ccc(NC(=O)CSc2nc(C)c(C)n2CCOC)cc1. The van der Waals surface area contributed by atoms with E-state index in [1.54, 1.807) is 33.1 Å². The molecule has 1 N–H and O–H groups in total. The highest BCUT2D eigenvalue weighted by molar-refractivity contribution is 7.99. The van der Waals surface area contributed by atoms with Crippen LogP contribution in [0.2, 0.25) is 0 Å². The van der Waals surface area contributed by atoms with Crippen LogP contribution in [0.4, 0.5) is 5.69 Å². The highest BCUT2D eigenvalue weighted by atomic mass is 32.2. The number of nitrogens with one attached hydrogen (secondary N) is 1. The number of aromatic nitrogens is 2. The molecular formula is C20H30N4O4S2. The molecular weight excluding hydrogens is 424 g/mol. The van der Waals surface area contributed by atoms with E-state index in [0.717, 1.165) is 16.5 Å². The number of hydrogen-bond acceptors (Lipinski definition) is 6. The first kappa shape index (κ1) is 24.4. The van der Waals surface area contributed by atoms with Crippen LogP contribution in [0.15, 0.2) is 34.3 Å². The third kappa shape index (κ3) is 5.84. The lowest BCUT2D eigenvalue weighted by Crippen LogP contribution is -2.30. The average molecular weight is 455 g/mol. The van der Waals surface area contributed by atoms with E-state index in [2.05, 4.69) is 10.3 Å². The quantitative estimate of drug-likeness (QED) is 0.525. The summed E-state index contributed by atoms with van der Waals surface area (Å²) in [4.78, 5) is 17.1. The summed E-state index contributed by atoms with van der Waals surface area (Å²) in [5.41, 5.74) is 2.54. The van der Waals surface area contributed by atoms with E-state index in [1.807, 2.05) is 18.4 Å². The number of imidazole rings is 1. The normalized spacial score (nSPS) is 11.8. The fraction of sp³-hybridized carbons (Fsp3) is 0.500. The van der Waals surface area contributed by atoms with Gasteiger partial charge in [-0.05, 0) is 38.1 Å². The molecule has 2 aromatic rings. The summed E-state index contributed by atoms with van der Waals surface area (Å²) < 4.78 is 33.7. The lowest BCUT2D eigenvalue weighted by atomic mass is 10.3. The minimum atomic E-state index is -3.51. The van der Waals surface area contributed by atoms with E-state index in [9.17, 15) is 13.2 Å². The van der Waals surface area contributed by atoms with Crippen LogP contribution in [0, 0.1) is 13.8 Å². The van der Waals surface area contributed by atoms with Crippen molar-refractivity contribution in [1.82, 2.24) is 13.9 Å². The molecule has 0 bridgehead atoms. The maximum absolute atomic E-state index is 12.5. The Morgan fingerprint density at radius 2 is 1.83 bits per heavy atom. The lowest BCUT2D eigenvalue weighted by molar-refractivity contribution is -0.113. The lowest BCUT2D eigenvalue weighted by Gasteiger charge is -2.18. The molecule has 0 fully saturated rings. The second-order valence-corrected chi connectivity index (χ2v) is 9.54. The van der Waals surface area contributed by atoms with Crippen LogP contribution in [0.25, 0.3) is 0 Å². The van der Waals surface area contributed by atoms with E-state index in [0.29, 0.717) is 31.9 Å². The highest BCUT2D eigenvalue weighted by Gasteiger charge is 2.21. The van der Waals surface area contributed by atoms with E-state index in [4.69, 9.17) is 4.74 Å². The van der Waals surface area contributed by atoms with Gasteiger partial charge < -0.3 is 14.6 Å². The molecule has 1 amide bonds. The number of carbonyl (C=O) groups is 1. The molecule has 1 heterocycles. The molecule has 0 spiro atoms. The molecule has 0 aliphatic heterocycles. The zero-order valence-electron chi connectivity index (χ0n) is 18.1. The van der Waals surface area contributed by atoms with Crippen LogP contribution in [-0.2, 0) is 26.1 Å². The topological polar surface area (TPSA) is 93.5 Å².